The second-order valence-electron chi connectivity index (χ2n) is 2.81. The highest BCUT2D eigenvalue weighted by Crippen LogP contribution is 2.07. The molecule has 0 aromatic heterocycles. The summed E-state index contributed by atoms with van der Waals surface area (Å²) in [6, 6.07) is 0. The topological polar surface area (TPSA) is 0 Å². The highest BCUT2D eigenvalue weighted by molar-refractivity contribution is 9.23. The first kappa shape index (κ1) is 11.0. The summed E-state index contributed by atoms with van der Waals surface area (Å²) in [6.45, 7) is 2.27. The molecule has 0 saturated heterocycles. The smallest absolute Gasteiger partial charge is 0.223 e. The standard InChI is InChI=1S/C8H17.Al.BrH.H/c1-3-5-7-8-6-4-2;;;/h1,3-8H2,2H3;;1H;/q;+1;;/p-1. The molecule has 0 heterocycles. The van der Waals surface area contributed by atoms with Crippen LogP contribution in [0.2, 0.25) is 5.28 Å². The van der Waals surface area contributed by atoms with Gasteiger partial charge in [0.05, 0.1) is 0 Å². The van der Waals surface area contributed by atoms with Crippen molar-refractivity contribution in [2.75, 3.05) is 0 Å². The van der Waals surface area contributed by atoms with Gasteiger partial charge < -0.3 is 0 Å². The van der Waals surface area contributed by atoms with Gasteiger partial charge in [-0.1, -0.05) is 50.7 Å². The Labute approximate surface area is 78.1 Å². The second kappa shape index (κ2) is 10.0. The molecule has 60 valence electrons. The molecule has 0 N–H and O–H groups in total. The molecule has 0 aliphatic carbocycles. The van der Waals surface area contributed by atoms with Crippen LogP contribution < -0.4 is 0 Å². The van der Waals surface area contributed by atoms with Crippen LogP contribution in [0.25, 0.3) is 0 Å². The van der Waals surface area contributed by atoms with E-state index in [2.05, 4.69) is 21.0 Å². The minimum atomic E-state index is 0.187. The zero-order valence-corrected chi connectivity index (χ0v) is 10.0. The Kier molecular flexibility index (Phi) is 11.0. The normalized spacial score (nSPS) is 9.80. The van der Waals surface area contributed by atoms with Crippen molar-refractivity contribution in [2.45, 2.75) is 50.7 Å². The average Bonchev–Trinajstić information content (AvgIpc) is 1.97. The fourth-order valence-electron chi connectivity index (χ4n) is 1.05. The van der Waals surface area contributed by atoms with E-state index < -0.39 is 0 Å². The highest BCUT2D eigenvalue weighted by Gasteiger charge is 1.90. The zero-order chi connectivity index (χ0) is 7.66. The van der Waals surface area contributed by atoms with Crippen molar-refractivity contribution < 1.29 is 0 Å². The number of rotatable bonds is 7. The molecule has 0 rings (SSSR count). The molecule has 0 spiro atoms. The van der Waals surface area contributed by atoms with Gasteiger partial charge in [0.25, 0.3) is 0 Å². The van der Waals surface area contributed by atoms with Crippen LogP contribution in [0.15, 0.2) is 0 Å². The van der Waals surface area contributed by atoms with Crippen molar-refractivity contribution in [3.8, 4) is 0 Å². The van der Waals surface area contributed by atoms with Crippen LogP contribution in [0.3, 0.4) is 0 Å². The van der Waals surface area contributed by atoms with Crippen LogP contribution in [0.4, 0.5) is 0 Å². The zero-order valence-electron chi connectivity index (χ0n) is 7.03. The van der Waals surface area contributed by atoms with Crippen LogP contribution in [-0.2, 0) is 0 Å². The number of unbranched alkanes of at least 4 members (excludes halogenated alkanes) is 5. The van der Waals surface area contributed by atoms with Gasteiger partial charge in [0.1, 0.15) is 0 Å². The molecule has 0 radical (unpaired) electrons. The van der Waals surface area contributed by atoms with Gasteiger partial charge >= 0.3 is 13.4 Å². The fraction of sp³-hybridized carbons (Fsp3) is 1.00. The maximum Gasteiger partial charge on any atom is 0.342 e. The molecule has 2 heteroatoms. The summed E-state index contributed by atoms with van der Waals surface area (Å²) >= 11 is 3.76. The first-order valence-corrected chi connectivity index (χ1v) is 9.37. The Morgan fingerprint density at radius 3 is 2.20 bits per heavy atom. The lowest BCUT2D eigenvalue weighted by Crippen LogP contribution is -1.80. The lowest BCUT2D eigenvalue weighted by Gasteiger charge is -1.96. The van der Waals surface area contributed by atoms with Crippen molar-refractivity contribution in [3.63, 3.8) is 0 Å². The predicted octanol–water partition coefficient (Wildman–Crippen LogP) is 3.51. The lowest BCUT2D eigenvalue weighted by molar-refractivity contribution is 0.624. The molecule has 0 nitrogen and oxygen atoms in total. The molecule has 0 saturated carbocycles. The molecule has 0 atom stereocenters. The Morgan fingerprint density at radius 1 is 1.00 bits per heavy atom. The van der Waals surface area contributed by atoms with E-state index in [9.17, 15) is 0 Å². The van der Waals surface area contributed by atoms with E-state index in [1.165, 1.54) is 43.8 Å². The van der Waals surface area contributed by atoms with E-state index in [1.54, 1.807) is 0 Å². The van der Waals surface area contributed by atoms with E-state index in [1.807, 2.05) is 0 Å². The number of hydrogen-bond donors (Lipinski definition) is 0. The predicted molar refractivity (Wildman–Crippen MR) is 54.3 cm³/mol. The van der Waals surface area contributed by atoms with Crippen molar-refractivity contribution in [3.05, 3.63) is 0 Å². The number of halogens is 1. The number of hydrogen-bond acceptors (Lipinski definition) is 0. The van der Waals surface area contributed by atoms with E-state index in [-0.39, 0.29) is 13.4 Å². The van der Waals surface area contributed by atoms with Crippen LogP contribution in [0, 0.1) is 0 Å². The Hall–Kier alpha value is 1.01. The lowest BCUT2D eigenvalue weighted by atomic mass is 10.1. The molecule has 0 fully saturated rings. The third kappa shape index (κ3) is 9.01. The van der Waals surface area contributed by atoms with E-state index in [4.69, 9.17) is 0 Å². The van der Waals surface area contributed by atoms with Crippen LogP contribution in [0.5, 0.6) is 0 Å². The van der Waals surface area contributed by atoms with Gasteiger partial charge in [-0.2, -0.15) is 0 Å². The summed E-state index contributed by atoms with van der Waals surface area (Å²) < 4.78 is 0. The third-order valence-corrected chi connectivity index (χ3v) is 4.19. The quantitative estimate of drug-likeness (QED) is 0.455. The highest BCUT2D eigenvalue weighted by atomic mass is 79.9. The van der Waals surface area contributed by atoms with Crippen molar-refractivity contribution >= 4 is 27.4 Å². The first-order valence-electron chi connectivity index (χ1n) is 4.47. The molecule has 0 aromatic carbocycles. The largest absolute Gasteiger partial charge is 0.342 e. The van der Waals surface area contributed by atoms with Crippen molar-refractivity contribution in [2.24, 2.45) is 0 Å². The summed E-state index contributed by atoms with van der Waals surface area (Å²) in [4.78, 5) is 0. The molecule has 0 bridgehead atoms. The Balaban J connectivity index is 2.65. The van der Waals surface area contributed by atoms with Crippen LogP contribution in [-0.4, -0.2) is 13.4 Å². The van der Waals surface area contributed by atoms with Gasteiger partial charge in [-0.25, -0.2) is 14.1 Å². The summed E-state index contributed by atoms with van der Waals surface area (Å²) in [5.41, 5.74) is 0. The minimum absolute atomic E-state index is 0.187. The summed E-state index contributed by atoms with van der Waals surface area (Å²) in [5, 5.41) is 1.49. The summed E-state index contributed by atoms with van der Waals surface area (Å²) in [5.74, 6) is 0. The molecule has 0 unspecified atom stereocenters. The maximum absolute atomic E-state index is 3.57. The van der Waals surface area contributed by atoms with E-state index >= 15 is 0 Å². The maximum atomic E-state index is 3.57. The average molecular weight is 221 g/mol. The molecule has 0 aromatic rings. The third-order valence-electron chi connectivity index (χ3n) is 1.74. The molecular formula is C8H18AlBr. The van der Waals surface area contributed by atoms with Crippen molar-refractivity contribution in [1.29, 1.82) is 0 Å². The molecular weight excluding hydrogens is 203 g/mol. The molecule has 10 heavy (non-hydrogen) atoms. The van der Waals surface area contributed by atoms with E-state index in [0.29, 0.717) is 0 Å². The molecule has 0 aliphatic rings. The van der Waals surface area contributed by atoms with Crippen LogP contribution in [0.1, 0.15) is 45.4 Å². The van der Waals surface area contributed by atoms with Gasteiger partial charge in [0, 0.05) is 0 Å². The minimum Gasteiger partial charge on any atom is -0.223 e. The van der Waals surface area contributed by atoms with Crippen LogP contribution >= 0.6 is 14.1 Å². The molecule has 0 amide bonds. The van der Waals surface area contributed by atoms with Gasteiger partial charge in [0.15, 0.2) is 0 Å². The van der Waals surface area contributed by atoms with Gasteiger partial charge in [-0.05, 0) is 0 Å². The van der Waals surface area contributed by atoms with Gasteiger partial charge in [0.2, 0.25) is 0 Å². The summed E-state index contributed by atoms with van der Waals surface area (Å²) in [7, 11) is 0. The Morgan fingerprint density at radius 2 is 1.60 bits per heavy atom. The van der Waals surface area contributed by atoms with Gasteiger partial charge in [-0.15, -0.1) is 0 Å². The Bertz CT molecular complexity index is 49.2. The van der Waals surface area contributed by atoms with Crippen molar-refractivity contribution in [1.82, 2.24) is 0 Å². The second-order valence-corrected chi connectivity index (χ2v) is 6.27. The SMILES string of the molecule is CCCCCCC[CH2][AlH][Br]. The monoisotopic (exact) mass is 220 g/mol. The molecule has 0 aliphatic heterocycles. The van der Waals surface area contributed by atoms with Gasteiger partial charge in [-0.3, -0.25) is 0 Å². The summed E-state index contributed by atoms with van der Waals surface area (Å²) in [6.07, 6.45) is 8.67. The fourth-order valence-corrected chi connectivity index (χ4v) is 2.78. The first-order chi connectivity index (χ1) is 4.91. The van der Waals surface area contributed by atoms with E-state index in [0.717, 1.165) is 0 Å².